The number of amides is 3. The number of pyridine rings is 1. The summed E-state index contributed by atoms with van der Waals surface area (Å²) in [7, 11) is 0. The molecule has 1 aromatic carbocycles. The van der Waals surface area contributed by atoms with Crippen molar-refractivity contribution < 1.29 is 32.8 Å². The highest BCUT2D eigenvalue weighted by Crippen LogP contribution is 2.33. The van der Waals surface area contributed by atoms with Crippen LogP contribution in [0.5, 0.6) is 0 Å². The molecule has 0 bridgehead atoms. The first kappa shape index (κ1) is 27.8. The molecule has 0 spiro atoms. The number of nitrogens with one attached hydrogen (secondary N) is 2. The van der Waals surface area contributed by atoms with Gasteiger partial charge in [0.2, 0.25) is 5.91 Å². The summed E-state index contributed by atoms with van der Waals surface area (Å²) >= 11 is 0. The second-order valence-electron chi connectivity index (χ2n) is 9.53. The fourth-order valence-corrected chi connectivity index (χ4v) is 4.59. The van der Waals surface area contributed by atoms with Crippen LogP contribution in [-0.2, 0) is 22.6 Å². The minimum atomic E-state index is -3.33. The number of hydrogen-bond donors (Lipinski definition) is 3. The number of benzene rings is 1. The highest BCUT2D eigenvalue weighted by Gasteiger charge is 2.51. The van der Waals surface area contributed by atoms with E-state index < -0.39 is 54.8 Å². The summed E-state index contributed by atoms with van der Waals surface area (Å²) in [5.74, 6) is -5.60. The lowest BCUT2D eigenvalue weighted by atomic mass is 9.99. The Labute approximate surface area is 223 Å². The summed E-state index contributed by atoms with van der Waals surface area (Å²) in [4.78, 5) is 44.0. The van der Waals surface area contributed by atoms with Gasteiger partial charge in [-0.3, -0.25) is 19.4 Å². The molecule has 3 aromatic rings. The van der Waals surface area contributed by atoms with E-state index in [-0.39, 0.29) is 24.3 Å². The molecular formula is C27H29F2N5O5. The number of aromatic nitrogens is 2. The summed E-state index contributed by atoms with van der Waals surface area (Å²) in [5, 5.41) is 20.1. The molecule has 3 amide bonds. The van der Waals surface area contributed by atoms with Crippen LogP contribution in [0.3, 0.4) is 0 Å². The van der Waals surface area contributed by atoms with Crippen molar-refractivity contribution in [1.29, 1.82) is 0 Å². The molecule has 10 nitrogen and oxygen atoms in total. The monoisotopic (exact) mass is 541 g/mol. The van der Waals surface area contributed by atoms with Crippen LogP contribution in [0.2, 0.25) is 0 Å². The van der Waals surface area contributed by atoms with E-state index in [2.05, 4.69) is 20.8 Å². The molecule has 3 atom stereocenters. The average Bonchev–Trinajstić information content (AvgIpc) is 3.44. The number of rotatable bonds is 9. The zero-order chi connectivity index (χ0) is 28.2. The second kappa shape index (κ2) is 11.7. The van der Waals surface area contributed by atoms with Crippen molar-refractivity contribution in [3.05, 3.63) is 83.0 Å². The number of hydrogen-bond acceptors (Lipinski definition) is 7. The maximum absolute atomic E-state index is 14.5. The smallest absolute Gasteiger partial charge is 0.267 e. The van der Waals surface area contributed by atoms with E-state index in [1.165, 1.54) is 6.20 Å². The Balaban J connectivity index is 1.54. The van der Waals surface area contributed by atoms with E-state index in [0.717, 1.165) is 0 Å². The molecule has 3 N–H and O–H groups in total. The van der Waals surface area contributed by atoms with Crippen LogP contribution in [0, 0.1) is 13.8 Å². The predicted octanol–water partition coefficient (Wildman–Crippen LogP) is 1.94. The quantitative estimate of drug-likeness (QED) is 0.377. The second-order valence-corrected chi connectivity index (χ2v) is 9.53. The Hall–Kier alpha value is -4.19. The van der Waals surface area contributed by atoms with Crippen LogP contribution in [0.4, 0.5) is 8.78 Å². The number of aryl methyl sites for hydroxylation is 2. The highest BCUT2D eigenvalue weighted by molar-refractivity contribution is 5.97. The van der Waals surface area contributed by atoms with Crippen LogP contribution in [0.25, 0.3) is 0 Å². The third kappa shape index (κ3) is 6.63. The molecule has 0 radical (unpaired) electrons. The average molecular weight is 542 g/mol. The molecule has 1 aliphatic heterocycles. The first-order valence-corrected chi connectivity index (χ1v) is 12.4. The Kier molecular flexibility index (Phi) is 8.34. The van der Waals surface area contributed by atoms with Crippen molar-refractivity contribution in [2.24, 2.45) is 0 Å². The Morgan fingerprint density at radius 1 is 1.15 bits per heavy atom. The number of halogens is 2. The number of alkyl halides is 2. The number of likely N-dealkylation sites (tertiary alicyclic amines) is 1. The van der Waals surface area contributed by atoms with Gasteiger partial charge in [0.15, 0.2) is 6.10 Å². The predicted molar refractivity (Wildman–Crippen MR) is 135 cm³/mol. The molecule has 2 aromatic heterocycles. The van der Waals surface area contributed by atoms with E-state index >= 15 is 0 Å². The summed E-state index contributed by atoms with van der Waals surface area (Å²) in [6.45, 7) is 2.11. The van der Waals surface area contributed by atoms with Crippen molar-refractivity contribution in [1.82, 2.24) is 25.7 Å². The summed E-state index contributed by atoms with van der Waals surface area (Å²) in [5.41, 5.74) is 1.80. The first-order valence-electron chi connectivity index (χ1n) is 12.4. The van der Waals surface area contributed by atoms with E-state index in [9.17, 15) is 28.3 Å². The maximum Gasteiger partial charge on any atom is 0.267 e. The Morgan fingerprint density at radius 3 is 2.51 bits per heavy atom. The van der Waals surface area contributed by atoms with Gasteiger partial charge in [-0.05, 0) is 37.5 Å². The van der Waals surface area contributed by atoms with Crippen molar-refractivity contribution in [3.63, 3.8) is 0 Å². The molecule has 1 saturated heterocycles. The topological polar surface area (TPSA) is 138 Å². The van der Waals surface area contributed by atoms with Gasteiger partial charge < -0.3 is 25.2 Å². The van der Waals surface area contributed by atoms with E-state index in [0.29, 0.717) is 21.7 Å². The zero-order valence-corrected chi connectivity index (χ0v) is 21.4. The van der Waals surface area contributed by atoms with Crippen molar-refractivity contribution in [2.75, 3.05) is 6.54 Å². The summed E-state index contributed by atoms with van der Waals surface area (Å²) < 4.78 is 34.0. The third-order valence-electron chi connectivity index (χ3n) is 6.55. The van der Waals surface area contributed by atoms with E-state index in [1.54, 1.807) is 62.5 Å². The molecule has 0 saturated carbocycles. The van der Waals surface area contributed by atoms with Gasteiger partial charge in [0, 0.05) is 25.4 Å². The van der Waals surface area contributed by atoms with Crippen molar-refractivity contribution in [2.45, 2.75) is 57.3 Å². The van der Waals surface area contributed by atoms with Gasteiger partial charge in [-0.15, -0.1) is 0 Å². The van der Waals surface area contributed by atoms with Crippen molar-refractivity contribution >= 4 is 17.7 Å². The lowest BCUT2D eigenvalue weighted by Gasteiger charge is -2.30. The van der Waals surface area contributed by atoms with E-state index in [1.807, 2.05) is 0 Å². The van der Waals surface area contributed by atoms with Gasteiger partial charge >= 0.3 is 0 Å². The normalized spacial score (nSPS) is 17.9. The molecule has 1 aliphatic rings. The number of carbonyl (C=O) groups excluding carboxylic acids is 3. The van der Waals surface area contributed by atoms with Crippen molar-refractivity contribution in [3.8, 4) is 0 Å². The highest BCUT2D eigenvalue weighted by atomic mass is 19.3. The lowest BCUT2D eigenvalue weighted by molar-refractivity contribution is -0.147. The molecule has 4 rings (SSSR count). The van der Waals surface area contributed by atoms with E-state index in [4.69, 9.17) is 4.52 Å². The van der Waals surface area contributed by atoms with Gasteiger partial charge in [-0.25, -0.2) is 8.78 Å². The number of aliphatic hydroxyl groups is 1. The van der Waals surface area contributed by atoms with Crippen LogP contribution < -0.4 is 10.6 Å². The largest absolute Gasteiger partial charge is 0.381 e. The van der Waals surface area contributed by atoms with Crippen LogP contribution in [-0.4, -0.2) is 68.5 Å². The lowest BCUT2D eigenvalue weighted by Crippen LogP contribution is -2.56. The molecule has 0 unspecified atom stereocenters. The van der Waals surface area contributed by atoms with Crippen LogP contribution in [0.15, 0.2) is 59.4 Å². The van der Waals surface area contributed by atoms with Gasteiger partial charge in [0.25, 0.3) is 17.7 Å². The Morgan fingerprint density at radius 2 is 1.87 bits per heavy atom. The first-order chi connectivity index (χ1) is 18.6. The van der Waals surface area contributed by atoms with Gasteiger partial charge in [0.05, 0.1) is 18.3 Å². The molecule has 12 heteroatoms. The Bertz CT molecular complexity index is 1300. The number of carbonyl (C=O) groups is 3. The fraction of sp³-hybridized carbons (Fsp3) is 0.370. The number of aliphatic hydroxyl groups excluding tert-OH is 1. The van der Waals surface area contributed by atoms with Gasteiger partial charge in [-0.1, -0.05) is 41.6 Å². The maximum atomic E-state index is 14.5. The molecule has 0 aliphatic carbocycles. The van der Waals surface area contributed by atoms with Gasteiger partial charge in [-0.2, -0.15) is 0 Å². The molecule has 3 heterocycles. The fourth-order valence-electron chi connectivity index (χ4n) is 4.59. The SMILES string of the molecule is Cc1noc(C)c1C(=O)N[C@@H](Cc1ccccc1)[C@H](O)C(=O)N1CC(F)(F)C[C@H]1C(=O)NCc1cccnc1. The van der Waals surface area contributed by atoms with Crippen LogP contribution >= 0.6 is 0 Å². The third-order valence-corrected chi connectivity index (χ3v) is 6.55. The zero-order valence-electron chi connectivity index (χ0n) is 21.4. The molecule has 1 fully saturated rings. The van der Waals surface area contributed by atoms with Gasteiger partial charge in [0.1, 0.15) is 17.4 Å². The molecule has 39 heavy (non-hydrogen) atoms. The molecular weight excluding hydrogens is 512 g/mol. The molecule has 206 valence electrons. The number of nitrogens with zero attached hydrogens (tertiary/aromatic N) is 3. The standard InChI is InChI=1S/C27H29F2N5O5/c1-16-22(17(2)39-33-16)25(37)32-20(11-18-7-4-3-5-8-18)23(35)26(38)34-15-27(28,29)12-21(34)24(36)31-14-19-9-6-10-30-13-19/h3-10,13,20-21,23,35H,11-12,14-15H2,1-2H3,(H,31,36)(H,32,37)/t20-,21-,23-/m0/s1. The summed E-state index contributed by atoms with van der Waals surface area (Å²) in [6.07, 6.45) is 0.286. The minimum absolute atomic E-state index is 0.0188. The van der Waals surface area contributed by atoms with Crippen LogP contribution in [0.1, 0.15) is 39.4 Å². The summed E-state index contributed by atoms with van der Waals surface area (Å²) in [6, 6.07) is 9.43. The minimum Gasteiger partial charge on any atom is -0.381 e.